The number of aliphatic imine (C=N–C) groups is 2. The van der Waals surface area contributed by atoms with E-state index in [1.54, 1.807) is 7.11 Å². The Morgan fingerprint density at radius 1 is 1.17 bits per heavy atom. The molecule has 0 aromatic heterocycles. The average molecular weight is 581 g/mol. The number of ether oxygens (including phenoxy) is 4. The molecule has 0 saturated heterocycles. The SMILES string of the molecule is CCN(CC)CCCOC1=C(C)C=C2CC1COC/C=C/CCOC1=C(OC)C=CC(C3=NC(=NC=CC3C)N2)C1C.[HH]. The molecule has 0 amide bonds. The highest BCUT2D eigenvalue weighted by atomic mass is 16.5. The Morgan fingerprint density at radius 3 is 2.79 bits per heavy atom. The summed E-state index contributed by atoms with van der Waals surface area (Å²) in [6.07, 6.45) is 17.1. The quantitative estimate of drug-likeness (QED) is 0.265. The van der Waals surface area contributed by atoms with Crippen LogP contribution in [-0.4, -0.2) is 69.7 Å². The number of hydrogen-bond acceptors (Lipinski definition) is 8. The van der Waals surface area contributed by atoms with Crippen LogP contribution in [0.2, 0.25) is 0 Å². The first-order valence-electron chi connectivity index (χ1n) is 15.6. The van der Waals surface area contributed by atoms with E-state index in [0.717, 1.165) is 73.2 Å². The molecule has 4 aliphatic rings. The van der Waals surface area contributed by atoms with E-state index in [4.69, 9.17) is 23.9 Å². The zero-order chi connectivity index (χ0) is 29.9. The van der Waals surface area contributed by atoms with Gasteiger partial charge >= 0.3 is 0 Å². The van der Waals surface area contributed by atoms with Gasteiger partial charge in [-0.05, 0) is 57.0 Å². The Balaban J connectivity index is 0.00000506. The fourth-order valence-corrected chi connectivity index (χ4v) is 5.97. The van der Waals surface area contributed by atoms with E-state index in [1.807, 2.05) is 12.3 Å². The van der Waals surface area contributed by atoms with Crippen molar-refractivity contribution in [1.29, 1.82) is 0 Å². The van der Waals surface area contributed by atoms with E-state index < -0.39 is 0 Å². The van der Waals surface area contributed by atoms with Gasteiger partial charge in [0.05, 0.1) is 33.5 Å². The Kier molecular flexibility index (Phi) is 12.1. The molecule has 8 heteroatoms. The van der Waals surface area contributed by atoms with Crippen LogP contribution in [0.5, 0.6) is 0 Å². The number of allylic oxidation sites excluding steroid dienone is 7. The molecule has 0 aromatic carbocycles. The Hall–Kier alpha value is -3.10. The highest BCUT2D eigenvalue weighted by Crippen LogP contribution is 2.35. The fourth-order valence-electron chi connectivity index (χ4n) is 5.97. The summed E-state index contributed by atoms with van der Waals surface area (Å²) in [7, 11) is 1.69. The number of fused-ring (bicyclic) bond motifs is 6. The molecule has 6 bridgehead atoms. The molecule has 232 valence electrons. The smallest absolute Gasteiger partial charge is 0.226 e. The summed E-state index contributed by atoms with van der Waals surface area (Å²) in [6.45, 7) is 16.5. The largest absolute Gasteiger partial charge is 0.497 e. The predicted molar refractivity (Wildman–Crippen MR) is 172 cm³/mol. The molecular formula is C34H52N4O4. The number of methoxy groups -OCH3 is 1. The standard InChI is InChI=1S/C34H50N4O4.H2/c1-7-38(8-2)17-12-20-41-32-25(4)21-28-22-27(32)23-40-18-10-9-11-19-42-33-26(5)29(13-14-30(33)39-6)31-24(3)15-16-35-34(36-28)37-31;/h9-10,13-16,21,24,26-27,29H,7-8,11-12,17-20,22-23H2,1-6H3,(H,35,36);1H/b10-9+;. The Labute approximate surface area is 254 Å². The molecule has 0 radical (unpaired) electrons. The van der Waals surface area contributed by atoms with E-state index >= 15 is 0 Å². The van der Waals surface area contributed by atoms with Gasteiger partial charge in [-0.15, -0.1) is 0 Å². The topological polar surface area (TPSA) is 76.9 Å². The molecule has 0 spiro atoms. The Bertz CT molecular complexity index is 1180. The summed E-state index contributed by atoms with van der Waals surface area (Å²) >= 11 is 0. The van der Waals surface area contributed by atoms with Crippen LogP contribution in [-0.2, 0) is 18.9 Å². The molecule has 8 nitrogen and oxygen atoms in total. The number of rotatable bonds is 8. The normalized spacial score (nSPS) is 27.5. The molecule has 2 aliphatic carbocycles. The third-order valence-electron chi connectivity index (χ3n) is 8.39. The molecule has 0 fully saturated rings. The lowest BCUT2D eigenvalue weighted by atomic mass is 9.80. The summed E-state index contributed by atoms with van der Waals surface area (Å²) in [5.74, 6) is 3.66. The molecular weight excluding hydrogens is 528 g/mol. The second-order valence-electron chi connectivity index (χ2n) is 11.3. The van der Waals surface area contributed by atoms with Gasteiger partial charge in [0.2, 0.25) is 5.96 Å². The van der Waals surface area contributed by atoms with E-state index in [1.165, 1.54) is 0 Å². The maximum Gasteiger partial charge on any atom is 0.226 e. The van der Waals surface area contributed by atoms with Gasteiger partial charge in [-0.1, -0.05) is 52.0 Å². The first-order chi connectivity index (χ1) is 20.4. The van der Waals surface area contributed by atoms with Crippen molar-refractivity contribution >= 4 is 11.7 Å². The fraction of sp³-hybridized carbons (Fsp3) is 0.588. The summed E-state index contributed by atoms with van der Waals surface area (Å²) in [4.78, 5) is 12.2. The van der Waals surface area contributed by atoms with Gasteiger partial charge in [-0.2, -0.15) is 0 Å². The third-order valence-corrected chi connectivity index (χ3v) is 8.39. The predicted octanol–water partition coefficient (Wildman–Crippen LogP) is 6.38. The first kappa shape index (κ1) is 31.8. The number of nitrogens with zero attached hydrogens (tertiary/aromatic N) is 3. The van der Waals surface area contributed by atoms with Gasteiger partial charge in [-0.25, -0.2) is 9.98 Å². The maximum atomic E-state index is 6.42. The highest BCUT2D eigenvalue weighted by Gasteiger charge is 2.33. The minimum absolute atomic E-state index is 0. The van der Waals surface area contributed by atoms with Crippen LogP contribution in [0.25, 0.3) is 0 Å². The molecule has 42 heavy (non-hydrogen) atoms. The minimum Gasteiger partial charge on any atom is -0.497 e. The van der Waals surface area contributed by atoms with E-state index in [-0.39, 0.29) is 25.1 Å². The zero-order valence-electron chi connectivity index (χ0n) is 26.4. The molecule has 2 aliphatic heterocycles. The number of guanidine groups is 1. The lowest BCUT2D eigenvalue weighted by molar-refractivity contribution is 0.0882. The van der Waals surface area contributed by atoms with E-state index in [2.05, 4.69) is 80.2 Å². The highest BCUT2D eigenvalue weighted by molar-refractivity contribution is 6.02. The summed E-state index contributed by atoms with van der Waals surface area (Å²) in [5, 5.41) is 3.55. The summed E-state index contributed by atoms with van der Waals surface area (Å²) in [6, 6.07) is 0. The van der Waals surface area contributed by atoms with Crippen molar-refractivity contribution in [2.75, 3.05) is 53.2 Å². The first-order valence-corrected chi connectivity index (χ1v) is 15.6. The van der Waals surface area contributed by atoms with Crippen molar-refractivity contribution in [2.45, 2.75) is 53.9 Å². The van der Waals surface area contributed by atoms with Crippen LogP contribution in [0.1, 0.15) is 55.3 Å². The van der Waals surface area contributed by atoms with Crippen molar-refractivity contribution < 1.29 is 20.4 Å². The zero-order valence-corrected chi connectivity index (χ0v) is 26.4. The minimum atomic E-state index is 0. The van der Waals surface area contributed by atoms with Gasteiger partial charge in [0.1, 0.15) is 11.5 Å². The Morgan fingerprint density at radius 2 is 2.00 bits per heavy atom. The molecule has 0 aromatic rings. The van der Waals surface area contributed by atoms with Crippen LogP contribution in [0, 0.1) is 23.7 Å². The van der Waals surface area contributed by atoms with Crippen LogP contribution in [0.15, 0.2) is 81.2 Å². The number of nitrogens with one attached hydrogen (secondary N) is 1. The van der Waals surface area contributed by atoms with Crippen LogP contribution < -0.4 is 5.32 Å². The summed E-state index contributed by atoms with van der Waals surface area (Å²) < 4.78 is 24.5. The van der Waals surface area contributed by atoms with Gasteiger partial charge in [0.25, 0.3) is 0 Å². The van der Waals surface area contributed by atoms with Crippen molar-refractivity contribution in [3.63, 3.8) is 0 Å². The van der Waals surface area contributed by atoms with Crippen molar-refractivity contribution in [3.8, 4) is 0 Å². The molecule has 2 heterocycles. The van der Waals surface area contributed by atoms with E-state index in [9.17, 15) is 0 Å². The maximum absolute atomic E-state index is 6.42. The van der Waals surface area contributed by atoms with Gasteiger partial charge in [0, 0.05) is 49.3 Å². The second-order valence-corrected chi connectivity index (χ2v) is 11.3. The van der Waals surface area contributed by atoms with Crippen LogP contribution >= 0.6 is 0 Å². The molecule has 1 N–H and O–H groups in total. The van der Waals surface area contributed by atoms with Crippen LogP contribution in [0.4, 0.5) is 0 Å². The molecule has 4 rings (SSSR count). The molecule has 4 unspecified atom stereocenters. The van der Waals surface area contributed by atoms with Gasteiger partial charge in [0.15, 0.2) is 5.76 Å². The van der Waals surface area contributed by atoms with Crippen molar-refractivity contribution in [3.05, 3.63) is 71.2 Å². The lowest BCUT2D eigenvalue weighted by Crippen LogP contribution is -2.33. The number of hydrogen-bond donors (Lipinski definition) is 1. The lowest BCUT2D eigenvalue weighted by Gasteiger charge is -2.31. The van der Waals surface area contributed by atoms with Crippen molar-refractivity contribution in [1.82, 2.24) is 10.2 Å². The summed E-state index contributed by atoms with van der Waals surface area (Å²) in [5.41, 5.74) is 3.24. The van der Waals surface area contributed by atoms with Gasteiger partial charge < -0.3 is 29.2 Å². The van der Waals surface area contributed by atoms with E-state index in [0.29, 0.717) is 32.4 Å². The monoisotopic (exact) mass is 580 g/mol. The molecule has 4 atom stereocenters. The second kappa shape index (κ2) is 15.9. The van der Waals surface area contributed by atoms with Gasteiger partial charge in [-0.3, -0.25) is 0 Å². The molecule has 0 saturated carbocycles. The average Bonchev–Trinajstić information content (AvgIpc) is 3.16. The third kappa shape index (κ3) is 8.26. The van der Waals surface area contributed by atoms with Crippen molar-refractivity contribution in [2.24, 2.45) is 33.7 Å². The van der Waals surface area contributed by atoms with Crippen LogP contribution in [0.3, 0.4) is 0 Å².